The molecule has 0 aromatic heterocycles. The van der Waals surface area contributed by atoms with Crippen LogP contribution in [0.15, 0.2) is 67.3 Å². The van der Waals surface area contributed by atoms with Crippen LogP contribution in [0, 0.1) is 0 Å². The molecule has 1 saturated heterocycles. The standard InChI is InChI=1S/C20H20N2O4/c1-4-13-21-18(23)17(19(24)22(14-5-2)20(21)25)8-6-7-15-9-11-16(26-3)12-10-15/h4-12H,1-2,13-14H2,3H3/b7-6+. The molecule has 1 aliphatic heterocycles. The number of urea groups is 1. The quantitative estimate of drug-likeness (QED) is 0.430. The molecule has 6 nitrogen and oxygen atoms in total. The zero-order chi connectivity index (χ0) is 19.1. The zero-order valence-electron chi connectivity index (χ0n) is 14.6. The normalized spacial score (nSPS) is 14.8. The number of rotatable bonds is 7. The predicted octanol–water partition coefficient (Wildman–Crippen LogP) is 2.80. The molecule has 0 N–H and O–H groups in total. The molecule has 0 aliphatic carbocycles. The van der Waals surface area contributed by atoms with Crippen molar-refractivity contribution in [3.63, 3.8) is 0 Å². The number of ether oxygens (including phenoxy) is 1. The third-order valence-electron chi connectivity index (χ3n) is 3.70. The summed E-state index contributed by atoms with van der Waals surface area (Å²) >= 11 is 0. The first-order valence-electron chi connectivity index (χ1n) is 7.95. The van der Waals surface area contributed by atoms with E-state index in [4.69, 9.17) is 4.74 Å². The van der Waals surface area contributed by atoms with Crippen LogP contribution in [0.3, 0.4) is 0 Å². The Hall–Kier alpha value is -3.41. The summed E-state index contributed by atoms with van der Waals surface area (Å²) in [6.45, 7) is 7.13. The molecule has 6 heteroatoms. The Morgan fingerprint density at radius 3 is 1.96 bits per heavy atom. The molecule has 1 fully saturated rings. The van der Waals surface area contributed by atoms with Crippen LogP contribution >= 0.6 is 0 Å². The van der Waals surface area contributed by atoms with Gasteiger partial charge in [0, 0.05) is 13.1 Å². The summed E-state index contributed by atoms with van der Waals surface area (Å²) in [6, 6.07) is 6.63. The van der Waals surface area contributed by atoms with Crippen LogP contribution in [0.2, 0.25) is 0 Å². The molecular weight excluding hydrogens is 332 g/mol. The van der Waals surface area contributed by atoms with E-state index in [2.05, 4.69) is 13.2 Å². The molecule has 1 aromatic carbocycles. The highest BCUT2D eigenvalue weighted by molar-refractivity contribution is 6.28. The van der Waals surface area contributed by atoms with Gasteiger partial charge in [0.25, 0.3) is 11.8 Å². The van der Waals surface area contributed by atoms with Crippen LogP contribution in [-0.2, 0) is 9.59 Å². The summed E-state index contributed by atoms with van der Waals surface area (Å²) in [6.07, 6.45) is 7.62. The molecule has 0 saturated carbocycles. The van der Waals surface area contributed by atoms with Crippen LogP contribution in [0.1, 0.15) is 5.56 Å². The summed E-state index contributed by atoms with van der Waals surface area (Å²) in [4.78, 5) is 39.2. The van der Waals surface area contributed by atoms with Crippen molar-refractivity contribution in [1.82, 2.24) is 9.80 Å². The molecule has 0 bridgehead atoms. The maximum Gasteiger partial charge on any atom is 0.334 e. The smallest absolute Gasteiger partial charge is 0.334 e. The monoisotopic (exact) mass is 352 g/mol. The minimum Gasteiger partial charge on any atom is -0.497 e. The Bertz CT molecular complexity index is 757. The summed E-state index contributed by atoms with van der Waals surface area (Å²) in [7, 11) is 1.58. The van der Waals surface area contributed by atoms with Gasteiger partial charge in [-0.15, -0.1) is 13.2 Å². The van der Waals surface area contributed by atoms with E-state index in [1.54, 1.807) is 31.4 Å². The van der Waals surface area contributed by atoms with E-state index in [9.17, 15) is 14.4 Å². The lowest BCUT2D eigenvalue weighted by Crippen LogP contribution is -2.56. The number of methoxy groups -OCH3 is 1. The second kappa shape index (κ2) is 8.62. The third kappa shape index (κ3) is 3.97. The highest BCUT2D eigenvalue weighted by Gasteiger charge is 2.40. The fourth-order valence-electron chi connectivity index (χ4n) is 2.39. The number of amides is 4. The van der Waals surface area contributed by atoms with Crippen LogP contribution in [0.25, 0.3) is 6.08 Å². The number of imide groups is 2. The van der Waals surface area contributed by atoms with Gasteiger partial charge in [0.15, 0.2) is 0 Å². The molecule has 0 spiro atoms. The maximum absolute atomic E-state index is 12.5. The molecule has 0 radical (unpaired) electrons. The average Bonchev–Trinajstić information content (AvgIpc) is 2.65. The minimum atomic E-state index is -0.670. The predicted molar refractivity (Wildman–Crippen MR) is 99.3 cm³/mol. The lowest BCUT2D eigenvalue weighted by Gasteiger charge is -2.32. The molecular formula is C20H20N2O4. The third-order valence-corrected chi connectivity index (χ3v) is 3.70. The van der Waals surface area contributed by atoms with Gasteiger partial charge in [-0.2, -0.15) is 0 Å². The molecule has 4 amide bonds. The summed E-state index contributed by atoms with van der Waals surface area (Å²) in [5.74, 6) is -0.545. The van der Waals surface area contributed by atoms with Gasteiger partial charge in [0.2, 0.25) is 0 Å². The lowest BCUT2D eigenvalue weighted by atomic mass is 10.1. The minimum absolute atomic E-state index is 0.0259. The first-order valence-corrected chi connectivity index (χ1v) is 7.95. The maximum atomic E-state index is 12.5. The van der Waals surface area contributed by atoms with Gasteiger partial charge in [0.05, 0.1) is 7.11 Å². The van der Waals surface area contributed by atoms with Gasteiger partial charge in [-0.05, 0) is 23.8 Å². The Balaban J connectivity index is 2.29. The highest BCUT2D eigenvalue weighted by Crippen LogP contribution is 2.18. The molecule has 1 aromatic rings. The topological polar surface area (TPSA) is 66.9 Å². The molecule has 0 atom stereocenters. The summed E-state index contributed by atoms with van der Waals surface area (Å²) in [5.41, 5.74) is 0.790. The van der Waals surface area contributed by atoms with E-state index >= 15 is 0 Å². The van der Waals surface area contributed by atoms with Crippen molar-refractivity contribution in [3.05, 3.63) is 72.9 Å². The second-order valence-corrected chi connectivity index (χ2v) is 5.40. The van der Waals surface area contributed by atoms with Gasteiger partial charge in [-0.1, -0.05) is 36.4 Å². The average molecular weight is 352 g/mol. The van der Waals surface area contributed by atoms with E-state index in [0.717, 1.165) is 21.1 Å². The van der Waals surface area contributed by atoms with Crippen LogP contribution in [0.4, 0.5) is 4.79 Å². The Kier molecular flexibility index (Phi) is 6.27. The molecule has 134 valence electrons. The van der Waals surface area contributed by atoms with Crippen molar-refractivity contribution in [2.24, 2.45) is 0 Å². The number of barbiturate groups is 1. The van der Waals surface area contributed by atoms with Gasteiger partial charge < -0.3 is 4.74 Å². The van der Waals surface area contributed by atoms with Crippen molar-refractivity contribution >= 4 is 23.9 Å². The number of hydrogen-bond donors (Lipinski definition) is 0. The first-order chi connectivity index (χ1) is 12.5. The largest absolute Gasteiger partial charge is 0.497 e. The Morgan fingerprint density at radius 1 is 0.962 bits per heavy atom. The molecule has 2 rings (SSSR count). The van der Waals surface area contributed by atoms with Crippen molar-refractivity contribution in [2.75, 3.05) is 20.2 Å². The van der Waals surface area contributed by atoms with Gasteiger partial charge in [0.1, 0.15) is 11.3 Å². The number of carbonyl (C=O) groups excluding carboxylic acids is 3. The Morgan fingerprint density at radius 2 is 1.50 bits per heavy atom. The van der Waals surface area contributed by atoms with E-state index < -0.39 is 17.8 Å². The molecule has 1 aliphatic rings. The van der Waals surface area contributed by atoms with Crippen molar-refractivity contribution in [1.29, 1.82) is 0 Å². The van der Waals surface area contributed by atoms with Gasteiger partial charge in [-0.25, -0.2) is 4.79 Å². The number of benzene rings is 1. The van der Waals surface area contributed by atoms with Crippen molar-refractivity contribution in [3.8, 4) is 5.75 Å². The van der Waals surface area contributed by atoms with E-state index in [1.807, 2.05) is 12.1 Å². The lowest BCUT2D eigenvalue weighted by molar-refractivity contribution is -0.135. The van der Waals surface area contributed by atoms with E-state index in [0.29, 0.717) is 0 Å². The fourth-order valence-corrected chi connectivity index (χ4v) is 2.39. The van der Waals surface area contributed by atoms with E-state index in [1.165, 1.54) is 18.2 Å². The van der Waals surface area contributed by atoms with Crippen LogP contribution in [0.5, 0.6) is 5.75 Å². The number of allylic oxidation sites excluding steroid dienone is 2. The number of hydrogen-bond acceptors (Lipinski definition) is 4. The SMILES string of the molecule is C=CCN1C(=O)C(=C/C=C/c2ccc(OC)cc2)C(=O)N(CC=C)C1=O. The summed E-state index contributed by atoms with van der Waals surface area (Å²) in [5, 5.41) is 0. The van der Waals surface area contributed by atoms with Gasteiger partial charge >= 0.3 is 6.03 Å². The molecule has 26 heavy (non-hydrogen) atoms. The Labute approximate surface area is 152 Å². The van der Waals surface area contributed by atoms with E-state index in [-0.39, 0.29) is 18.7 Å². The number of nitrogens with zero attached hydrogens (tertiary/aromatic N) is 2. The first kappa shape index (κ1) is 18.9. The fraction of sp³-hybridized carbons (Fsp3) is 0.150. The van der Waals surface area contributed by atoms with Crippen LogP contribution in [-0.4, -0.2) is 47.8 Å². The van der Waals surface area contributed by atoms with Crippen LogP contribution < -0.4 is 4.74 Å². The second-order valence-electron chi connectivity index (χ2n) is 5.40. The van der Waals surface area contributed by atoms with Crippen molar-refractivity contribution in [2.45, 2.75) is 0 Å². The summed E-state index contributed by atoms with van der Waals surface area (Å²) < 4.78 is 5.09. The molecule has 0 unspecified atom stereocenters. The van der Waals surface area contributed by atoms with Crippen molar-refractivity contribution < 1.29 is 19.1 Å². The zero-order valence-corrected chi connectivity index (χ0v) is 14.6. The van der Waals surface area contributed by atoms with Gasteiger partial charge in [-0.3, -0.25) is 19.4 Å². The highest BCUT2D eigenvalue weighted by atomic mass is 16.5. The number of carbonyl (C=O) groups is 3. The molecule has 1 heterocycles.